The van der Waals surface area contributed by atoms with Gasteiger partial charge >= 0.3 is 0 Å². The number of anilines is 1. The first-order valence-electron chi connectivity index (χ1n) is 8.41. The van der Waals surface area contributed by atoms with Gasteiger partial charge in [-0.25, -0.2) is 9.98 Å². The topological polar surface area (TPSA) is 81.8 Å². The SMILES string of the molecule is COc1ccc(OC)c(NC(N)=NCc2sc(-c3ccccc3)nc2C)c1. The van der Waals surface area contributed by atoms with Gasteiger partial charge in [0.25, 0.3) is 0 Å². The molecule has 3 rings (SSSR count). The molecule has 0 radical (unpaired) electrons. The quantitative estimate of drug-likeness (QED) is 0.496. The summed E-state index contributed by atoms with van der Waals surface area (Å²) in [6.45, 7) is 2.45. The van der Waals surface area contributed by atoms with Crippen LogP contribution in [-0.2, 0) is 6.54 Å². The molecule has 0 aliphatic carbocycles. The van der Waals surface area contributed by atoms with E-state index in [1.54, 1.807) is 25.6 Å². The van der Waals surface area contributed by atoms with Crippen LogP contribution in [0.2, 0.25) is 0 Å². The van der Waals surface area contributed by atoms with Gasteiger partial charge in [-0.1, -0.05) is 30.3 Å². The smallest absolute Gasteiger partial charge is 0.193 e. The second-order valence-corrected chi connectivity index (χ2v) is 6.87. The van der Waals surface area contributed by atoms with E-state index in [0.717, 1.165) is 21.1 Å². The van der Waals surface area contributed by atoms with Crippen molar-refractivity contribution in [3.63, 3.8) is 0 Å². The fraction of sp³-hybridized carbons (Fsp3) is 0.200. The molecule has 27 heavy (non-hydrogen) atoms. The summed E-state index contributed by atoms with van der Waals surface area (Å²) in [7, 11) is 3.21. The van der Waals surface area contributed by atoms with Crippen molar-refractivity contribution in [1.29, 1.82) is 0 Å². The third-order valence-electron chi connectivity index (χ3n) is 3.98. The van der Waals surface area contributed by atoms with Gasteiger partial charge in [0.05, 0.1) is 32.1 Å². The summed E-state index contributed by atoms with van der Waals surface area (Å²) in [5, 5.41) is 4.06. The maximum atomic E-state index is 6.06. The van der Waals surface area contributed by atoms with Crippen LogP contribution in [0.5, 0.6) is 11.5 Å². The van der Waals surface area contributed by atoms with Crippen molar-refractivity contribution in [3.05, 3.63) is 59.1 Å². The molecule has 0 fully saturated rings. The highest BCUT2D eigenvalue weighted by molar-refractivity contribution is 7.15. The average Bonchev–Trinajstić information content (AvgIpc) is 3.07. The van der Waals surface area contributed by atoms with Gasteiger partial charge in [0.1, 0.15) is 16.5 Å². The highest BCUT2D eigenvalue weighted by atomic mass is 32.1. The van der Waals surface area contributed by atoms with Crippen molar-refractivity contribution in [3.8, 4) is 22.1 Å². The highest BCUT2D eigenvalue weighted by Gasteiger charge is 2.10. The van der Waals surface area contributed by atoms with Gasteiger partial charge in [0.15, 0.2) is 5.96 Å². The largest absolute Gasteiger partial charge is 0.497 e. The van der Waals surface area contributed by atoms with Gasteiger partial charge in [-0.3, -0.25) is 0 Å². The molecule has 0 unspecified atom stereocenters. The maximum Gasteiger partial charge on any atom is 0.193 e. The fourth-order valence-corrected chi connectivity index (χ4v) is 3.52. The van der Waals surface area contributed by atoms with Crippen LogP contribution in [0.25, 0.3) is 10.6 Å². The molecule has 1 aromatic heterocycles. The molecular weight excluding hydrogens is 360 g/mol. The summed E-state index contributed by atoms with van der Waals surface area (Å²) >= 11 is 1.63. The molecule has 0 atom stereocenters. The lowest BCUT2D eigenvalue weighted by Gasteiger charge is -2.12. The molecule has 0 aliphatic heterocycles. The summed E-state index contributed by atoms with van der Waals surface area (Å²) in [6.07, 6.45) is 0. The Bertz CT molecular complexity index is 938. The molecule has 0 saturated carbocycles. The molecule has 0 aliphatic rings. The Labute approximate surface area is 162 Å². The Morgan fingerprint density at radius 1 is 1.15 bits per heavy atom. The zero-order chi connectivity index (χ0) is 19.2. The zero-order valence-electron chi connectivity index (χ0n) is 15.5. The number of aliphatic imine (C=N–C) groups is 1. The maximum absolute atomic E-state index is 6.06. The number of hydrogen-bond donors (Lipinski definition) is 2. The number of nitrogens with zero attached hydrogens (tertiary/aromatic N) is 2. The monoisotopic (exact) mass is 382 g/mol. The van der Waals surface area contributed by atoms with Crippen molar-refractivity contribution in [2.75, 3.05) is 19.5 Å². The van der Waals surface area contributed by atoms with E-state index in [4.69, 9.17) is 15.2 Å². The first-order chi connectivity index (χ1) is 13.1. The lowest BCUT2D eigenvalue weighted by atomic mass is 10.2. The fourth-order valence-electron chi connectivity index (χ4n) is 2.53. The van der Waals surface area contributed by atoms with Crippen molar-refractivity contribution < 1.29 is 9.47 Å². The standard InChI is InChI=1S/C20H22N4O2S/c1-13-18(27-19(23-13)14-7-5-4-6-8-14)12-22-20(21)24-16-11-15(25-2)9-10-17(16)26-3/h4-11H,12H2,1-3H3,(H3,21,22,24). The average molecular weight is 382 g/mol. The van der Waals surface area contributed by atoms with Crippen molar-refractivity contribution in [1.82, 2.24) is 4.98 Å². The Balaban J connectivity index is 1.74. The first kappa shape index (κ1) is 18.7. The van der Waals surface area contributed by atoms with Crippen molar-refractivity contribution >= 4 is 23.0 Å². The number of nitrogens with one attached hydrogen (secondary N) is 1. The number of guanidine groups is 1. The Morgan fingerprint density at radius 2 is 1.93 bits per heavy atom. The second-order valence-electron chi connectivity index (χ2n) is 5.79. The van der Waals surface area contributed by atoms with E-state index in [-0.39, 0.29) is 0 Å². The van der Waals surface area contributed by atoms with Gasteiger partial charge in [-0.05, 0) is 19.1 Å². The Hall–Kier alpha value is -3.06. The highest BCUT2D eigenvalue weighted by Crippen LogP contribution is 2.30. The molecule has 3 N–H and O–H groups in total. The number of nitrogens with two attached hydrogens (primary N) is 1. The predicted octanol–water partition coefficient (Wildman–Crippen LogP) is 4.06. The minimum absolute atomic E-state index is 0.301. The number of aromatic nitrogens is 1. The van der Waals surface area contributed by atoms with E-state index in [1.165, 1.54) is 0 Å². The molecular formula is C20H22N4O2S. The van der Waals surface area contributed by atoms with Crippen LogP contribution in [0.1, 0.15) is 10.6 Å². The second kappa shape index (κ2) is 8.55. The molecule has 0 amide bonds. The summed E-state index contributed by atoms with van der Waals surface area (Å²) in [5.74, 6) is 1.67. The summed E-state index contributed by atoms with van der Waals surface area (Å²) < 4.78 is 10.6. The molecule has 1 heterocycles. The van der Waals surface area contributed by atoms with Gasteiger partial charge < -0.3 is 20.5 Å². The van der Waals surface area contributed by atoms with E-state index < -0.39 is 0 Å². The Kier molecular flexibility index (Phi) is 5.93. The summed E-state index contributed by atoms with van der Waals surface area (Å²) in [6, 6.07) is 15.6. The third kappa shape index (κ3) is 4.57. The van der Waals surface area contributed by atoms with Crippen LogP contribution in [0, 0.1) is 6.92 Å². The molecule has 7 heteroatoms. The van der Waals surface area contributed by atoms with Gasteiger partial charge in [-0.2, -0.15) is 0 Å². The number of hydrogen-bond acceptors (Lipinski definition) is 5. The number of thiazole rings is 1. The van der Waals surface area contributed by atoms with Crippen LogP contribution in [0.15, 0.2) is 53.5 Å². The molecule has 6 nitrogen and oxygen atoms in total. The van der Waals surface area contributed by atoms with Crippen LogP contribution in [0.4, 0.5) is 5.69 Å². The van der Waals surface area contributed by atoms with Crippen molar-refractivity contribution in [2.24, 2.45) is 10.7 Å². The minimum atomic E-state index is 0.301. The number of benzene rings is 2. The third-order valence-corrected chi connectivity index (χ3v) is 5.17. The molecule has 2 aromatic carbocycles. The van der Waals surface area contributed by atoms with Crippen LogP contribution in [0.3, 0.4) is 0 Å². The van der Waals surface area contributed by atoms with E-state index >= 15 is 0 Å². The number of rotatable bonds is 6. The first-order valence-corrected chi connectivity index (χ1v) is 9.23. The minimum Gasteiger partial charge on any atom is -0.497 e. The van der Waals surface area contributed by atoms with E-state index in [1.807, 2.05) is 43.3 Å². The molecule has 3 aromatic rings. The predicted molar refractivity (Wildman–Crippen MR) is 111 cm³/mol. The lowest BCUT2D eigenvalue weighted by Crippen LogP contribution is -2.23. The van der Waals surface area contributed by atoms with E-state index in [9.17, 15) is 0 Å². The normalized spacial score (nSPS) is 11.3. The van der Waals surface area contributed by atoms with Gasteiger partial charge in [-0.15, -0.1) is 11.3 Å². The summed E-state index contributed by atoms with van der Waals surface area (Å²) in [5.41, 5.74) is 8.83. The molecule has 140 valence electrons. The van der Waals surface area contributed by atoms with Crippen LogP contribution in [-0.4, -0.2) is 25.2 Å². The number of methoxy groups -OCH3 is 2. The van der Waals surface area contributed by atoms with E-state index in [2.05, 4.69) is 27.4 Å². The molecule has 0 bridgehead atoms. The Morgan fingerprint density at radius 3 is 2.63 bits per heavy atom. The summed E-state index contributed by atoms with van der Waals surface area (Å²) in [4.78, 5) is 10.2. The molecule has 0 spiro atoms. The van der Waals surface area contributed by atoms with Gasteiger partial charge in [0, 0.05) is 16.5 Å². The zero-order valence-corrected chi connectivity index (χ0v) is 16.3. The van der Waals surface area contributed by atoms with Crippen molar-refractivity contribution in [2.45, 2.75) is 13.5 Å². The number of ether oxygens (including phenoxy) is 2. The van der Waals surface area contributed by atoms with Crippen LogP contribution < -0.4 is 20.5 Å². The van der Waals surface area contributed by atoms with Gasteiger partial charge in [0.2, 0.25) is 0 Å². The lowest BCUT2D eigenvalue weighted by molar-refractivity contribution is 0.405. The van der Waals surface area contributed by atoms with E-state index in [0.29, 0.717) is 29.7 Å². The molecule has 0 saturated heterocycles. The number of aryl methyl sites for hydroxylation is 1. The van der Waals surface area contributed by atoms with Crippen LogP contribution >= 0.6 is 11.3 Å².